The van der Waals surface area contributed by atoms with Crippen LogP contribution < -0.4 is 0 Å². The fourth-order valence-corrected chi connectivity index (χ4v) is 6.01. The number of esters is 2. The van der Waals surface area contributed by atoms with E-state index in [4.69, 9.17) is 38.2 Å². The molecule has 0 radical (unpaired) electrons. The summed E-state index contributed by atoms with van der Waals surface area (Å²) in [7, 11) is 0. The average Bonchev–Trinajstić information content (AvgIpc) is 3.02. The van der Waals surface area contributed by atoms with Crippen molar-refractivity contribution >= 4 is 11.9 Å². The van der Waals surface area contributed by atoms with Crippen LogP contribution in [0.25, 0.3) is 0 Å². The summed E-state index contributed by atoms with van der Waals surface area (Å²) >= 11 is 0. The van der Waals surface area contributed by atoms with Crippen molar-refractivity contribution in [2.45, 2.75) is 121 Å². The van der Waals surface area contributed by atoms with Gasteiger partial charge < -0.3 is 33.3 Å². The lowest BCUT2D eigenvalue weighted by Crippen LogP contribution is -2.37. The Morgan fingerprint density at radius 2 is 1.37 bits per heavy atom. The van der Waals surface area contributed by atoms with Crippen LogP contribution in [-0.2, 0) is 47.8 Å². The summed E-state index contributed by atoms with van der Waals surface area (Å²) in [5, 5.41) is 0. The summed E-state index contributed by atoms with van der Waals surface area (Å²) in [5.74, 6) is -0.239. The second-order valence-electron chi connectivity index (χ2n) is 11.8. The minimum Gasteiger partial charge on any atom is -0.462 e. The van der Waals surface area contributed by atoms with E-state index in [1.165, 1.54) is 6.26 Å². The molecule has 0 N–H and O–H groups in total. The fourth-order valence-electron chi connectivity index (χ4n) is 6.01. The van der Waals surface area contributed by atoms with Gasteiger partial charge in [0.1, 0.15) is 12.9 Å². The lowest BCUT2D eigenvalue weighted by molar-refractivity contribution is -0.250. The Morgan fingerprint density at radius 1 is 0.767 bits per heavy atom. The first-order chi connectivity index (χ1) is 21.0. The Balaban J connectivity index is 1.19. The summed E-state index contributed by atoms with van der Waals surface area (Å²) in [6.07, 6.45) is 14.2. The van der Waals surface area contributed by atoms with Gasteiger partial charge in [0, 0.05) is 19.1 Å². The Morgan fingerprint density at radius 3 is 2.00 bits per heavy atom. The average molecular weight is 609 g/mol. The van der Waals surface area contributed by atoms with E-state index in [-0.39, 0.29) is 42.4 Å². The predicted octanol–water partition coefficient (Wildman–Crippen LogP) is 5.74. The van der Waals surface area contributed by atoms with Gasteiger partial charge in [-0.15, -0.1) is 0 Å². The molecule has 3 unspecified atom stereocenters. The van der Waals surface area contributed by atoms with Crippen molar-refractivity contribution in [2.24, 2.45) is 11.8 Å². The number of hydrogen-bond donors (Lipinski definition) is 0. The lowest BCUT2D eigenvalue weighted by atomic mass is 9.85. The number of rotatable bonds is 19. The highest BCUT2D eigenvalue weighted by atomic mass is 17.2. The highest BCUT2D eigenvalue weighted by Crippen LogP contribution is 2.32. The van der Waals surface area contributed by atoms with Crippen LogP contribution in [0.2, 0.25) is 0 Å². The summed E-state index contributed by atoms with van der Waals surface area (Å²) < 4.78 is 34.9. The van der Waals surface area contributed by atoms with Crippen molar-refractivity contribution in [1.29, 1.82) is 0 Å². The SMILES string of the molecule is C=C=COOCCCOC1CCC(OCOC2CCC(OC(=O)C3CCC(OCCCOC(=O)C=C)CC3)CC2C)CC1. The Kier molecular flexibility index (Phi) is 17.0. The molecule has 244 valence electrons. The minimum absolute atomic E-state index is 0.0473. The molecule has 3 saturated carbocycles. The molecule has 0 bridgehead atoms. The largest absolute Gasteiger partial charge is 0.462 e. The first-order valence-electron chi connectivity index (χ1n) is 16.1. The van der Waals surface area contributed by atoms with Gasteiger partial charge in [-0.1, -0.05) is 25.8 Å². The van der Waals surface area contributed by atoms with Gasteiger partial charge in [0.05, 0.1) is 50.2 Å². The zero-order valence-electron chi connectivity index (χ0n) is 25.9. The van der Waals surface area contributed by atoms with Crippen LogP contribution in [0.3, 0.4) is 0 Å². The molecule has 3 rings (SSSR count). The molecule has 0 spiro atoms. The summed E-state index contributed by atoms with van der Waals surface area (Å²) in [5.41, 5.74) is 2.48. The van der Waals surface area contributed by atoms with Gasteiger partial charge >= 0.3 is 11.9 Å². The van der Waals surface area contributed by atoms with Crippen LogP contribution in [0.15, 0.2) is 31.2 Å². The number of carbonyl (C=O) groups excluding carboxylic acids is 2. The molecule has 0 aromatic carbocycles. The molecule has 3 atom stereocenters. The van der Waals surface area contributed by atoms with Crippen LogP contribution in [0.1, 0.15) is 90.4 Å². The molecule has 10 nitrogen and oxygen atoms in total. The number of ether oxygens (including phenoxy) is 6. The van der Waals surface area contributed by atoms with E-state index in [0.29, 0.717) is 45.6 Å². The lowest BCUT2D eigenvalue weighted by Gasteiger charge is -2.35. The van der Waals surface area contributed by atoms with Crippen LogP contribution in [0.5, 0.6) is 0 Å². The van der Waals surface area contributed by atoms with Crippen molar-refractivity contribution in [3.05, 3.63) is 31.2 Å². The third-order valence-electron chi connectivity index (χ3n) is 8.52. The maximum atomic E-state index is 12.8. The third kappa shape index (κ3) is 14.0. The molecule has 0 aromatic rings. The molecule has 0 heterocycles. The predicted molar refractivity (Wildman–Crippen MR) is 159 cm³/mol. The van der Waals surface area contributed by atoms with Crippen molar-refractivity contribution in [3.8, 4) is 0 Å². The van der Waals surface area contributed by atoms with Gasteiger partial charge in [-0.05, 0) is 83.0 Å². The van der Waals surface area contributed by atoms with Crippen molar-refractivity contribution in [2.75, 3.05) is 33.2 Å². The fraction of sp³-hybridized carbons (Fsp3) is 0.788. The molecule has 0 aromatic heterocycles. The van der Waals surface area contributed by atoms with Crippen LogP contribution in [0, 0.1) is 11.8 Å². The highest BCUT2D eigenvalue weighted by Gasteiger charge is 2.34. The second kappa shape index (κ2) is 20.7. The first-order valence-corrected chi connectivity index (χ1v) is 16.1. The Hall–Kier alpha value is -2.20. The summed E-state index contributed by atoms with van der Waals surface area (Å²) in [6.45, 7) is 11.2. The van der Waals surface area contributed by atoms with E-state index in [1.807, 2.05) is 0 Å². The maximum Gasteiger partial charge on any atom is 0.330 e. The molecule has 10 heteroatoms. The molecule has 0 saturated heterocycles. The van der Waals surface area contributed by atoms with E-state index in [9.17, 15) is 9.59 Å². The smallest absolute Gasteiger partial charge is 0.330 e. The monoisotopic (exact) mass is 608 g/mol. The normalized spacial score (nSPS) is 29.2. The van der Waals surface area contributed by atoms with Gasteiger partial charge in [0.2, 0.25) is 0 Å². The van der Waals surface area contributed by atoms with Gasteiger partial charge in [0.15, 0.2) is 6.26 Å². The molecule has 0 amide bonds. The zero-order chi connectivity index (χ0) is 30.7. The van der Waals surface area contributed by atoms with Gasteiger partial charge in [-0.2, -0.15) is 4.89 Å². The van der Waals surface area contributed by atoms with E-state index in [2.05, 4.69) is 25.8 Å². The number of carbonyl (C=O) groups is 2. The van der Waals surface area contributed by atoms with E-state index < -0.39 is 5.97 Å². The van der Waals surface area contributed by atoms with Gasteiger partial charge in [0.25, 0.3) is 0 Å². The Labute approximate surface area is 256 Å². The molecule has 0 aliphatic heterocycles. The summed E-state index contributed by atoms with van der Waals surface area (Å²) in [6, 6.07) is 0. The molecule has 43 heavy (non-hydrogen) atoms. The molecular formula is C33H52O10. The van der Waals surface area contributed by atoms with E-state index in [1.54, 1.807) is 0 Å². The maximum absolute atomic E-state index is 12.8. The van der Waals surface area contributed by atoms with Crippen LogP contribution in [-0.4, -0.2) is 75.7 Å². The van der Waals surface area contributed by atoms with Crippen LogP contribution >= 0.6 is 0 Å². The van der Waals surface area contributed by atoms with Crippen molar-refractivity contribution in [3.63, 3.8) is 0 Å². The van der Waals surface area contributed by atoms with Gasteiger partial charge in [-0.3, -0.25) is 4.79 Å². The summed E-state index contributed by atoms with van der Waals surface area (Å²) in [4.78, 5) is 33.6. The Bertz CT molecular complexity index is 856. The van der Waals surface area contributed by atoms with Gasteiger partial charge in [-0.25, -0.2) is 4.79 Å². The first kappa shape index (κ1) is 35.3. The minimum atomic E-state index is -0.414. The molecule has 3 aliphatic rings. The second-order valence-corrected chi connectivity index (χ2v) is 11.8. The topological polar surface area (TPSA) is 108 Å². The quantitative estimate of drug-likeness (QED) is 0.0263. The van der Waals surface area contributed by atoms with Crippen molar-refractivity contribution < 1.29 is 47.8 Å². The molecule has 3 aliphatic carbocycles. The zero-order valence-corrected chi connectivity index (χ0v) is 25.9. The standard InChI is InChI=1S/C33H52O10/c1-4-18-41-42-22-7-20-37-28-12-14-29(15-13-28)39-24-40-31-17-16-30(23-25(31)3)43-33(35)26-8-10-27(11-9-26)36-19-6-21-38-32(34)5-2/h5,18,25-31H,1-2,6-17,19-24H2,3H3. The van der Waals surface area contributed by atoms with E-state index in [0.717, 1.165) is 83.1 Å². The third-order valence-corrected chi connectivity index (χ3v) is 8.52. The highest BCUT2D eigenvalue weighted by molar-refractivity contribution is 5.81. The molecule has 3 fully saturated rings. The number of hydrogen-bond acceptors (Lipinski definition) is 10. The van der Waals surface area contributed by atoms with E-state index >= 15 is 0 Å². The molecular weight excluding hydrogens is 556 g/mol. The van der Waals surface area contributed by atoms with Crippen molar-refractivity contribution in [1.82, 2.24) is 0 Å². The van der Waals surface area contributed by atoms with Crippen LogP contribution in [0.4, 0.5) is 0 Å².